The zero-order valence-electron chi connectivity index (χ0n) is 17.4. The van der Waals surface area contributed by atoms with E-state index in [-0.39, 0.29) is 24.1 Å². The zero-order chi connectivity index (χ0) is 22.9. The summed E-state index contributed by atoms with van der Waals surface area (Å²) < 4.78 is 39.6. The number of benzene rings is 1. The number of halogens is 1. The first-order valence-corrected chi connectivity index (χ1v) is 11.9. The fraction of sp³-hybridized carbons (Fsp3) is 0.286. The Morgan fingerprint density at radius 3 is 2.94 bits per heavy atom. The van der Waals surface area contributed by atoms with Gasteiger partial charge in [-0.3, -0.25) is 9.89 Å². The molecule has 3 N–H and O–H groups in total. The van der Waals surface area contributed by atoms with Gasteiger partial charge in [0.25, 0.3) is 0 Å². The van der Waals surface area contributed by atoms with Gasteiger partial charge in [0, 0.05) is 37.4 Å². The molecule has 1 atom stereocenters. The standard InChI is InChI=1S/C21H23FN6O3S/c1-3-18(29)28-9-7-15(12-28)25-21-19-16(6-8-23-20(19)26-27-21)13-4-5-14(17(22)10-13)11-24-32(2,30)31/h3-6,8,10,15,24H,1,7,9,11-12H2,2H3,(H2,23,25,26,27). The highest BCUT2D eigenvalue weighted by Gasteiger charge is 2.26. The topological polar surface area (TPSA) is 120 Å². The van der Waals surface area contributed by atoms with Crippen molar-refractivity contribution in [2.45, 2.75) is 19.0 Å². The minimum atomic E-state index is -3.43. The number of H-pyrrole nitrogens is 1. The van der Waals surface area contributed by atoms with Gasteiger partial charge in [-0.05, 0) is 35.8 Å². The number of carbonyl (C=O) groups excluding carboxylic acids is 1. The highest BCUT2D eigenvalue weighted by Crippen LogP contribution is 2.33. The maximum Gasteiger partial charge on any atom is 0.246 e. The number of rotatable bonds is 7. The minimum absolute atomic E-state index is 0.0136. The highest BCUT2D eigenvalue weighted by molar-refractivity contribution is 7.88. The van der Waals surface area contributed by atoms with Crippen molar-refractivity contribution in [2.75, 3.05) is 24.7 Å². The van der Waals surface area contributed by atoms with Crippen LogP contribution in [0.4, 0.5) is 10.2 Å². The summed E-state index contributed by atoms with van der Waals surface area (Å²) in [7, 11) is -3.43. The number of aromatic amines is 1. The molecule has 0 spiro atoms. The second-order valence-corrected chi connectivity index (χ2v) is 9.51. The number of likely N-dealkylation sites (tertiary alicyclic amines) is 1. The number of aromatic nitrogens is 3. The lowest BCUT2D eigenvalue weighted by molar-refractivity contribution is -0.125. The summed E-state index contributed by atoms with van der Waals surface area (Å²) in [6.45, 7) is 4.56. The fourth-order valence-corrected chi connectivity index (χ4v) is 4.18. The molecule has 1 amide bonds. The molecule has 0 bridgehead atoms. The average molecular weight is 459 g/mol. The number of fused-ring (bicyclic) bond motifs is 1. The molecular formula is C21H23FN6O3S. The van der Waals surface area contributed by atoms with Crippen molar-refractivity contribution in [1.82, 2.24) is 24.8 Å². The molecule has 3 heterocycles. The van der Waals surface area contributed by atoms with Crippen LogP contribution in [0.2, 0.25) is 0 Å². The molecule has 0 radical (unpaired) electrons. The summed E-state index contributed by atoms with van der Waals surface area (Å²) in [6.07, 6.45) is 4.70. The fourth-order valence-electron chi connectivity index (χ4n) is 3.76. The second-order valence-electron chi connectivity index (χ2n) is 7.67. The number of nitrogens with zero attached hydrogens (tertiary/aromatic N) is 3. The Balaban J connectivity index is 1.62. The third kappa shape index (κ3) is 4.63. The lowest BCUT2D eigenvalue weighted by atomic mass is 10.0. The number of amides is 1. The molecular weight excluding hydrogens is 435 g/mol. The summed E-state index contributed by atoms with van der Waals surface area (Å²) in [6, 6.07) is 6.44. The van der Waals surface area contributed by atoms with Crippen molar-refractivity contribution >= 4 is 32.8 Å². The van der Waals surface area contributed by atoms with E-state index in [1.54, 1.807) is 29.3 Å². The first-order valence-electron chi connectivity index (χ1n) is 9.99. The molecule has 1 unspecified atom stereocenters. The van der Waals surface area contributed by atoms with Gasteiger partial charge >= 0.3 is 0 Å². The molecule has 1 aliphatic heterocycles. The van der Waals surface area contributed by atoms with Crippen molar-refractivity contribution in [2.24, 2.45) is 0 Å². The Morgan fingerprint density at radius 1 is 1.41 bits per heavy atom. The van der Waals surface area contributed by atoms with Crippen LogP contribution in [0.5, 0.6) is 0 Å². The lowest BCUT2D eigenvalue weighted by Crippen LogP contribution is -2.30. The van der Waals surface area contributed by atoms with Gasteiger partial charge in [-0.2, -0.15) is 5.10 Å². The van der Waals surface area contributed by atoms with Crippen molar-refractivity contribution in [3.63, 3.8) is 0 Å². The number of sulfonamides is 1. The van der Waals surface area contributed by atoms with Crippen LogP contribution in [0.15, 0.2) is 43.1 Å². The molecule has 11 heteroatoms. The molecule has 0 aliphatic carbocycles. The van der Waals surface area contributed by atoms with E-state index in [1.807, 2.05) is 0 Å². The number of carbonyl (C=O) groups is 1. The highest BCUT2D eigenvalue weighted by atomic mass is 32.2. The van der Waals surface area contributed by atoms with Crippen LogP contribution < -0.4 is 10.0 Å². The average Bonchev–Trinajstić information content (AvgIpc) is 3.39. The van der Waals surface area contributed by atoms with Crippen LogP contribution in [0.1, 0.15) is 12.0 Å². The van der Waals surface area contributed by atoms with E-state index in [4.69, 9.17) is 0 Å². The Morgan fingerprint density at radius 2 is 2.22 bits per heavy atom. The second kappa shape index (κ2) is 8.67. The van der Waals surface area contributed by atoms with Gasteiger partial charge < -0.3 is 10.2 Å². The maximum absolute atomic E-state index is 14.7. The molecule has 1 aliphatic rings. The smallest absolute Gasteiger partial charge is 0.246 e. The summed E-state index contributed by atoms with van der Waals surface area (Å²) >= 11 is 0. The first kappa shape index (κ1) is 21.9. The number of anilines is 1. The van der Waals surface area contributed by atoms with Gasteiger partial charge in [-0.25, -0.2) is 22.5 Å². The normalized spacial score (nSPS) is 16.4. The van der Waals surface area contributed by atoms with E-state index < -0.39 is 15.8 Å². The monoisotopic (exact) mass is 458 g/mol. The summed E-state index contributed by atoms with van der Waals surface area (Å²) in [5.41, 5.74) is 2.13. The Labute approximate surface area is 184 Å². The third-order valence-corrected chi connectivity index (χ3v) is 6.03. The molecule has 1 aromatic carbocycles. The first-order chi connectivity index (χ1) is 15.2. The predicted octanol–water partition coefficient (Wildman–Crippen LogP) is 2.01. The third-order valence-electron chi connectivity index (χ3n) is 5.37. The molecule has 1 saturated heterocycles. The van der Waals surface area contributed by atoms with E-state index >= 15 is 0 Å². The van der Waals surface area contributed by atoms with Crippen LogP contribution in [-0.2, 0) is 21.4 Å². The maximum atomic E-state index is 14.7. The number of nitrogens with one attached hydrogen (secondary N) is 3. The van der Waals surface area contributed by atoms with E-state index in [0.29, 0.717) is 35.5 Å². The van der Waals surface area contributed by atoms with Gasteiger partial charge in [0.2, 0.25) is 15.9 Å². The molecule has 3 aromatic rings. The minimum Gasteiger partial charge on any atom is -0.363 e. The van der Waals surface area contributed by atoms with Gasteiger partial charge in [0.1, 0.15) is 5.82 Å². The molecule has 168 valence electrons. The predicted molar refractivity (Wildman–Crippen MR) is 120 cm³/mol. The van der Waals surface area contributed by atoms with Crippen molar-refractivity contribution < 1.29 is 17.6 Å². The largest absolute Gasteiger partial charge is 0.363 e. The SMILES string of the molecule is C=CC(=O)N1CCC(Nc2n[nH]c3nccc(-c4ccc(CNS(C)(=O)=O)c(F)c4)c23)C1. The zero-order valence-corrected chi connectivity index (χ0v) is 18.2. The van der Waals surface area contributed by atoms with Crippen molar-refractivity contribution in [3.8, 4) is 11.1 Å². The van der Waals surface area contributed by atoms with Crippen LogP contribution >= 0.6 is 0 Å². The quantitative estimate of drug-likeness (QED) is 0.466. The van der Waals surface area contributed by atoms with Gasteiger partial charge in [0.15, 0.2) is 11.5 Å². The van der Waals surface area contributed by atoms with Gasteiger partial charge in [-0.15, -0.1) is 0 Å². The van der Waals surface area contributed by atoms with E-state index in [1.165, 1.54) is 12.1 Å². The number of hydrogen-bond donors (Lipinski definition) is 3. The summed E-state index contributed by atoms with van der Waals surface area (Å²) in [5, 5.41) is 11.3. The van der Waals surface area contributed by atoms with E-state index in [2.05, 4.69) is 31.8 Å². The van der Waals surface area contributed by atoms with Crippen LogP contribution in [-0.4, -0.2) is 59.8 Å². The van der Waals surface area contributed by atoms with Gasteiger partial charge in [0.05, 0.1) is 11.6 Å². The number of pyridine rings is 1. The Kier molecular flexibility index (Phi) is 5.94. The van der Waals surface area contributed by atoms with Gasteiger partial charge in [-0.1, -0.05) is 18.7 Å². The summed E-state index contributed by atoms with van der Waals surface area (Å²) in [4.78, 5) is 17.9. The van der Waals surface area contributed by atoms with Crippen LogP contribution in [0.25, 0.3) is 22.2 Å². The molecule has 32 heavy (non-hydrogen) atoms. The van der Waals surface area contributed by atoms with Crippen molar-refractivity contribution in [1.29, 1.82) is 0 Å². The molecule has 4 rings (SSSR count). The lowest BCUT2D eigenvalue weighted by Gasteiger charge is -2.15. The Bertz CT molecular complexity index is 1290. The van der Waals surface area contributed by atoms with E-state index in [9.17, 15) is 17.6 Å². The number of hydrogen-bond acceptors (Lipinski definition) is 6. The van der Waals surface area contributed by atoms with Crippen LogP contribution in [0.3, 0.4) is 0 Å². The van der Waals surface area contributed by atoms with Crippen LogP contribution in [0, 0.1) is 5.82 Å². The van der Waals surface area contributed by atoms with Crippen molar-refractivity contribution in [3.05, 3.63) is 54.5 Å². The molecule has 1 fully saturated rings. The van der Waals surface area contributed by atoms with E-state index in [0.717, 1.165) is 18.2 Å². The molecule has 9 nitrogen and oxygen atoms in total. The molecule has 2 aromatic heterocycles. The Hall–Kier alpha value is -3.31. The molecule has 0 saturated carbocycles. The summed E-state index contributed by atoms with van der Waals surface area (Å²) in [5.74, 6) is -0.0512.